The Balaban J connectivity index is 2.78. The van der Waals surface area contributed by atoms with Gasteiger partial charge in [-0.1, -0.05) is 6.92 Å². The minimum absolute atomic E-state index is 0.287. The molecule has 0 heterocycles. The summed E-state index contributed by atoms with van der Waals surface area (Å²) in [7, 11) is 2.96. The third-order valence-electron chi connectivity index (χ3n) is 2.60. The molecule has 0 fully saturated rings. The van der Waals surface area contributed by atoms with E-state index < -0.39 is 0 Å². The van der Waals surface area contributed by atoms with Crippen molar-refractivity contribution in [1.29, 1.82) is 0 Å². The second-order valence-electron chi connectivity index (χ2n) is 3.80. The maximum absolute atomic E-state index is 11.4. The summed E-state index contributed by atoms with van der Waals surface area (Å²) in [6.07, 6.45) is 2.32. The Labute approximate surface area is 135 Å². The van der Waals surface area contributed by atoms with Gasteiger partial charge in [0, 0.05) is 5.57 Å². The third-order valence-corrected chi connectivity index (χ3v) is 3.84. The first kappa shape index (κ1) is 17.0. The van der Waals surface area contributed by atoms with Gasteiger partial charge < -0.3 is 14.2 Å². The van der Waals surface area contributed by atoms with Gasteiger partial charge in [0.15, 0.2) is 0 Å². The zero-order valence-corrected chi connectivity index (χ0v) is 14.7. The van der Waals surface area contributed by atoms with Crippen LogP contribution in [0.4, 0.5) is 0 Å². The quantitative estimate of drug-likeness (QED) is 0.525. The van der Waals surface area contributed by atoms with Gasteiger partial charge in [-0.3, -0.25) is 0 Å². The lowest BCUT2D eigenvalue weighted by molar-refractivity contribution is -0.136. The van der Waals surface area contributed by atoms with Crippen LogP contribution < -0.4 is 9.47 Å². The number of esters is 1. The van der Waals surface area contributed by atoms with Crippen molar-refractivity contribution in [1.82, 2.24) is 0 Å². The second kappa shape index (κ2) is 8.32. The van der Waals surface area contributed by atoms with Crippen molar-refractivity contribution in [2.45, 2.75) is 13.3 Å². The molecule has 0 bridgehead atoms. The summed E-state index contributed by atoms with van der Waals surface area (Å²) >= 11 is 6.81. The van der Waals surface area contributed by atoms with Gasteiger partial charge in [0.05, 0.1) is 23.2 Å². The summed E-state index contributed by atoms with van der Waals surface area (Å²) in [4.78, 5) is 11.4. The Kier molecular flexibility index (Phi) is 7.09. The predicted octanol–water partition coefficient (Wildman–Crippen LogP) is 4.11. The fourth-order valence-corrected chi connectivity index (χ4v) is 2.43. The molecule has 0 radical (unpaired) electrons. The van der Waals surface area contributed by atoms with Crippen molar-refractivity contribution in [2.75, 3.05) is 20.8 Å². The number of rotatable bonds is 6. The highest BCUT2D eigenvalue weighted by Crippen LogP contribution is 2.35. The van der Waals surface area contributed by atoms with Crippen molar-refractivity contribution >= 4 is 37.8 Å². The number of methoxy groups -OCH3 is 2. The van der Waals surface area contributed by atoms with Gasteiger partial charge in [-0.25, -0.2) is 4.79 Å². The number of carbonyl (C=O) groups excluding carboxylic acids is 1. The summed E-state index contributed by atoms with van der Waals surface area (Å²) in [5, 5.41) is 0. The number of carbonyl (C=O) groups is 1. The van der Waals surface area contributed by atoms with Crippen molar-refractivity contribution < 1.29 is 19.0 Å². The van der Waals surface area contributed by atoms with Gasteiger partial charge in [0.1, 0.15) is 18.1 Å². The van der Waals surface area contributed by atoms with E-state index in [-0.39, 0.29) is 12.6 Å². The zero-order valence-electron chi connectivity index (χ0n) is 11.5. The maximum Gasteiger partial charge on any atom is 0.333 e. The number of hydrogen-bond acceptors (Lipinski definition) is 4. The van der Waals surface area contributed by atoms with E-state index in [4.69, 9.17) is 9.47 Å². The summed E-state index contributed by atoms with van der Waals surface area (Å²) in [6.45, 7) is 2.18. The summed E-state index contributed by atoms with van der Waals surface area (Å²) < 4.78 is 17.1. The van der Waals surface area contributed by atoms with Crippen LogP contribution in [0.25, 0.3) is 0 Å². The minimum Gasteiger partial charge on any atom is -0.496 e. The second-order valence-corrected chi connectivity index (χ2v) is 5.51. The van der Waals surface area contributed by atoms with Crippen LogP contribution in [0.2, 0.25) is 0 Å². The molecular weight excluding hydrogens is 392 g/mol. The smallest absolute Gasteiger partial charge is 0.333 e. The van der Waals surface area contributed by atoms with Crippen LogP contribution in [0, 0.1) is 0 Å². The Morgan fingerprint density at radius 3 is 2.35 bits per heavy atom. The molecule has 0 unspecified atom stereocenters. The standard InChI is InChI=1S/C14H16Br2O4/c1-4-9(14(17)19-3)5-6-20-13-8-10(15)12(18-2)7-11(13)16/h5,7-8H,4,6H2,1-3H3. The molecule has 0 amide bonds. The van der Waals surface area contributed by atoms with Crippen LogP contribution in [-0.4, -0.2) is 26.8 Å². The van der Waals surface area contributed by atoms with Crippen LogP contribution in [0.5, 0.6) is 11.5 Å². The zero-order chi connectivity index (χ0) is 15.1. The van der Waals surface area contributed by atoms with Crippen LogP contribution in [0.3, 0.4) is 0 Å². The maximum atomic E-state index is 11.4. The highest BCUT2D eigenvalue weighted by Gasteiger charge is 2.09. The fourth-order valence-electron chi connectivity index (χ4n) is 1.51. The average Bonchev–Trinajstić information content (AvgIpc) is 2.45. The first-order valence-electron chi connectivity index (χ1n) is 5.96. The van der Waals surface area contributed by atoms with Gasteiger partial charge in [-0.05, 0) is 56.5 Å². The lowest BCUT2D eigenvalue weighted by Gasteiger charge is -2.10. The monoisotopic (exact) mass is 406 g/mol. The summed E-state index contributed by atoms with van der Waals surface area (Å²) in [5.41, 5.74) is 0.594. The molecule has 110 valence electrons. The Hall–Kier alpha value is -1.01. The van der Waals surface area contributed by atoms with Crippen molar-refractivity contribution in [3.8, 4) is 11.5 Å². The Bertz CT molecular complexity index is 512. The molecule has 1 rings (SSSR count). The molecule has 0 aromatic heterocycles. The summed E-state index contributed by atoms with van der Waals surface area (Å²) in [6, 6.07) is 3.62. The molecule has 0 aliphatic carbocycles. The normalized spacial score (nSPS) is 11.2. The lowest BCUT2D eigenvalue weighted by atomic mass is 10.2. The van der Waals surface area contributed by atoms with E-state index in [2.05, 4.69) is 36.6 Å². The Morgan fingerprint density at radius 1 is 1.20 bits per heavy atom. The van der Waals surface area contributed by atoms with E-state index in [0.717, 1.165) is 8.95 Å². The number of benzene rings is 1. The first-order valence-corrected chi connectivity index (χ1v) is 7.55. The van der Waals surface area contributed by atoms with Gasteiger partial charge >= 0.3 is 5.97 Å². The molecule has 1 aromatic carbocycles. The van der Waals surface area contributed by atoms with Crippen LogP contribution in [0.1, 0.15) is 13.3 Å². The molecule has 0 N–H and O–H groups in total. The molecular formula is C14H16Br2O4. The van der Waals surface area contributed by atoms with Crippen LogP contribution in [0.15, 0.2) is 32.7 Å². The molecule has 0 saturated carbocycles. The predicted molar refractivity (Wildman–Crippen MR) is 84.3 cm³/mol. The number of hydrogen-bond donors (Lipinski definition) is 0. The van der Waals surface area contributed by atoms with E-state index >= 15 is 0 Å². The van der Waals surface area contributed by atoms with E-state index in [9.17, 15) is 4.79 Å². The topological polar surface area (TPSA) is 44.8 Å². The minimum atomic E-state index is -0.328. The summed E-state index contributed by atoms with van der Waals surface area (Å²) in [5.74, 6) is 1.05. The van der Waals surface area contributed by atoms with Crippen molar-refractivity contribution in [3.05, 3.63) is 32.7 Å². The fraction of sp³-hybridized carbons (Fsp3) is 0.357. The molecule has 1 aromatic rings. The molecule has 6 heteroatoms. The van der Waals surface area contributed by atoms with Crippen molar-refractivity contribution in [2.24, 2.45) is 0 Å². The highest BCUT2D eigenvalue weighted by molar-refractivity contribution is 9.11. The molecule has 0 aliphatic rings. The van der Waals surface area contributed by atoms with Gasteiger partial charge in [-0.2, -0.15) is 0 Å². The molecule has 0 aliphatic heterocycles. The van der Waals surface area contributed by atoms with Crippen LogP contribution in [-0.2, 0) is 9.53 Å². The molecule has 0 saturated heterocycles. The average molecular weight is 408 g/mol. The van der Waals surface area contributed by atoms with E-state index in [1.165, 1.54) is 7.11 Å². The number of halogens is 2. The third kappa shape index (κ3) is 4.52. The lowest BCUT2D eigenvalue weighted by Crippen LogP contribution is -2.06. The largest absolute Gasteiger partial charge is 0.496 e. The van der Waals surface area contributed by atoms with Gasteiger partial charge in [0.25, 0.3) is 0 Å². The molecule has 20 heavy (non-hydrogen) atoms. The molecule has 0 spiro atoms. The highest BCUT2D eigenvalue weighted by atomic mass is 79.9. The molecule has 4 nitrogen and oxygen atoms in total. The van der Waals surface area contributed by atoms with E-state index in [1.807, 2.05) is 13.0 Å². The number of ether oxygens (including phenoxy) is 3. The van der Waals surface area contributed by atoms with Gasteiger partial charge in [-0.15, -0.1) is 0 Å². The van der Waals surface area contributed by atoms with Crippen molar-refractivity contribution in [3.63, 3.8) is 0 Å². The Morgan fingerprint density at radius 2 is 1.80 bits per heavy atom. The van der Waals surface area contributed by atoms with E-state index in [0.29, 0.717) is 23.5 Å². The molecule has 0 atom stereocenters. The van der Waals surface area contributed by atoms with E-state index in [1.54, 1.807) is 19.3 Å². The van der Waals surface area contributed by atoms with Gasteiger partial charge in [0.2, 0.25) is 0 Å². The SMILES string of the molecule is CCC(=CCOc1cc(Br)c(OC)cc1Br)C(=O)OC. The first-order chi connectivity index (χ1) is 9.53. The van der Waals surface area contributed by atoms with Crippen LogP contribution >= 0.6 is 31.9 Å².